The summed E-state index contributed by atoms with van der Waals surface area (Å²) in [6.45, 7) is 0. The molecule has 0 bridgehead atoms. The third-order valence-electron chi connectivity index (χ3n) is 4.76. The Morgan fingerprint density at radius 3 is 2.21 bits per heavy atom. The number of aromatic nitrogens is 1. The molecule has 0 unspecified atom stereocenters. The van der Waals surface area contributed by atoms with Crippen LogP contribution in [0.15, 0.2) is 82.7 Å². The molecule has 6 heteroatoms. The number of halogens is 1. The molecule has 142 valence electrons. The lowest BCUT2D eigenvalue weighted by Crippen LogP contribution is -2.07. The predicted octanol–water partition coefficient (Wildman–Crippen LogP) is 5.29. The average molecular weight is 502 g/mol. The zero-order valence-electron chi connectivity index (χ0n) is 15.5. The van der Waals surface area contributed by atoms with Crippen molar-refractivity contribution in [3.63, 3.8) is 0 Å². The molecule has 28 heavy (non-hydrogen) atoms. The highest BCUT2D eigenvalue weighted by atomic mass is 127. The van der Waals surface area contributed by atoms with Gasteiger partial charge in [0, 0.05) is 35.1 Å². The Morgan fingerprint density at radius 2 is 1.57 bits per heavy atom. The lowest BCUT2D eigenvalue weighted by atomic mass is 10.0. The fraction of sp³-hybridized carbons (Fsp3) is 0.0909. The van der Waals surface area contributed by atoms with Crippen LogP contribution in [0.2, 0.25) is 0 Å². The molecule has 2 aromatic carbocycles. The van der Waals surface area contributed by atoms with Gasteiger partial charge in [0.2, 0.25) is 9.84 Å². The first-order valence-electron chi connectivity index (χ1n) is 8.76. The Bertz CT molecular complexity index is 1200. The van der Waals surface area contributed by atoms with Crippen molar-refractivity contribution in [3.8, 4) is 22.4 Å². The molecule has 4 rings (SSSR count). The molecule has 0 saturated carbocycles. The van der Waals surface area contributed by atoms with E-state index >= 15 is 0 Å². The van der Waals surface area contributed by atoms with E-state index < -0.39 is 9.84 Å². The molecule has 4 nitrogen and oxygen atoms in total. The van der Waals surface area contributed by atoms with Crippen molar-refractivity contribution in [1.82, 2.24) is 4.98 Å². The van der Waals surface area contributed by atoms with Gasteiger partial charge < -0.3 is 9.88 Å². The number of anilines is 1. The molecule has 2 aliphatic rings. The molecule has 0 aromatic heterocycles. The molecule has 1 aliphatic heterocycles. The second-order valence-corrected chi connectivity index (χ2v) is 9.87. The Hall–Kier alpha value is -2.32. The van der Waals surface area contributed by atoms with Gasteiger partial charge in [-0.1, -0.05) is 30.3 Å². The maximum absolute atomic E-state index is 13.1. The number of sulfone groups is 1. The van der Waals surface area contributed by atoms with Crippen LogP contribution in [0.25, 0.3) is 22.4 Å². The van der Waals surface area contributed by atoms with Crippen molar-refractivity contribution in [2.45, 2.75) is 9.79 Å². The first kappa shape index (κ1) is 19.0. The quantitative estimate of drug-likeness (QED) is 0.386. The first-order valence-corrected chi connectivity index (χ1v) is 11.3. The highest BCUT2D eigenvalue weighted by Crippen LogP contribution is 2.39. The van der Waals surface area contributed by atoms with Crippen LogP contribution < -0.4 is 4.90 Å². The van der Waals surface area contributed by atoms with Gasteiger partial charge in [0.25, 0.3) is 0 Å². The molecule has 1 heterocycles. The number of rotatable bonds is 4. The van der Waals surface area contributed by atoms with Gasteiger partial charge in [-0.3, -0.25) is 0 Å². The highest BCUT2D eigenvalue weighted by Gasteiger charge is 2.27. The molecule has 0 amide bonds. The fourth-order valence-electron chi connectivity index (χ4n) is 3.21. The number of nitrogens with zero attached hydrogens (tertiary/aromatic N) is 1. The van der Waals surface area contributed by atoms with Crippen molar-refractivity contribution >= 4 is 38.1 Å². The standard InChI is InChI=1S/C22H19IN2O2S/c1-25(2)17-10-8-15(9-11-17)16-12-19-20(23)13-21(22(19)24-14-16)28(26,27)18-6-4-3-5-7-18/h3-14,24H,1-2H3. The van der Waals surface area contributed by atoms with E-state index in [-0.39, 0.29) is 0 Å². The van der Waals surface area contributed by atoms with Crippen LogP contribution in [0.3, 0.4) is 0 Å². The van der Waals surface area contributed by atoms with Gasteiger partial charge >= 0.3 is 0 Å². The summed E-state index contributed by atoms with van der Waals surface area (Å²) in [5, 5.41) is 0. The van der Waals surface area contributed by atoms with Crippen LogP contribution in [-0.4, -0.2) is 27.5 Å². The summed E-state index contributed by atoms with van der Waals surface area (Å²) in [6, 6.07) is 20.6. The summed E-state index contributed by atoms with van der Waals surface area (Å²) in [5.74, 6) is 0. The molecule has 0 spiro atoms. The Kier molecular flexibility index (Phi) is 4.93. The summed E-state index contributed by atoms with van der Waals surface area (Å²) in [7, 11) is 0.441. The molecule has 0 fully saturated rings. The van der Waals surface area contributed by atoms with E-state index in [1.165, 1.54) is 0 Å². The number of hydrogen-bond acceptors (Lipinski definition) is 3. The molecule has 0 saturated heterocycles. The maximum Gasteiger partial charge on any atom is 0.208 e. The average Bonchev–Trinajstić information content (AvgIpc) is 3.05. The molecule has 0 atom stereocenters. The van der Waals surface area contributed by atoms with E-state index in [9.17, 15) is 8.42 Å². The number of H-pyrrole nitrogens is 1. The molecule has 1 aliphatic carbocycles. The number of fused-ring (bicyclic) bond motifs is 1. The Morgan fingerprint density at radius 1 is 0.893 bits per heavy atom. The molecule has 1 N–H and O–H groups in total. The number of aromatic amines is 1. The van der Waals surface area contributed by atoms with Crippen LogP contribution in [0.4, 0.5) is 5.69 Å². The van der Waals surface area contributed by atoms with Gasteiger partial charge in [0.05, 0.1) is 15.5 Å². The van der Waals surface area contributed by atoms with Gasteiger partial charge in [-0.2, -0.15) is 0 Å². The molecular formula is C22H19IN2O2S. The number of nitrogens with one attached hydrogen (secondary N) is 1. The van der Waals surface area contributed by atoms with Gasteiger partial charge in [-0.25, -0.2) is 8.42 Å². The molecule has 0 radical (unpaired) electrons. The minimum atomic E-state index is -3.58. The van der Waals surface area contributed by atoms with Crippen LogP contribution in [0, 0.1) is 3.57 Å². The number of hydrogen-bond donors (Lipinski definition) is 1. The van der Waals surface area contributed by atoms with Gasteiger partial charge in [-0.15, -0.1) is 0 Å². The van der Waals surface area contributed by atoms with Crippen LogP contribution in [0.5, 0.6) is 0 Å². The van der Waals surface area contributed by atoms with Crippen molar-refractivity contribution in [1.29, 1.82) is 0 Å². The second-order valence-electron chi connectivity index (χ2n) is 6.79. The topological polar surface area (TPSA) is 53.2 Å². The van der Waals surface area contributed by atoms with Crippen molar-refractivity contribution < 1.29 is 8.42 Å². The summed E-state index contributed by atoms with van der Waals surface area (Å²) in [5.41, 5.74) is 4.78. The van der Waals surface area contributed by atoms with Crippen molar-refractivity contribution in [2.24, 2.45) is 0 Å². The Balaban J connectivity index is 1.80. The van der Waals surface area contributed by atoms with Gasteiger partial charge in [0.15, 0.2) is 0 Å². The van der Waals surface area contributed by atoms with Crippen molar-refractivity contribution in [2.75, 3.05) is 19.0 Å². The zero-order valence-corrected chi connectivity index (χ0v) is 18.5. The maximum atomic E-state index is 13.1. The van der Waals surface area contributed by atoms with Crippen LogP contribution >= 0.6 is 22.6 Å². The summed E-state index contributed by atoms with van der Waals surface area (Å²) in [6.07, 6.45) is 1.87. The number of benzene rings is 2. The SMILES string of the molecule is CN(C)c1ccc(-c2c[nH]c3c(S(=O)(=O)c4ccccc4)cc(I)c-3c2)cc1. The number of pyridine rings is 1. The summed E-state index contributed by atoms with van der Waals surface area (Å²) >= 11 is 2.20. The van der Waals surface area contributed by atoms with E-state index in [2.05, 4.69) is 56.7 Å². The second kappa shape index (κ2) is 7.25. The molecular weight excluding hydrogens is 483 g/mol. The van der Waals surface area contributed by atoms with Crippen LogP contribution in [-0.2, 0) is 9.84 Å². The minimum Gasteiger partial charge on any atom is -0.378 e. The normalized spacial score (nSPS) is 11.7. The largest absolute Gasteiger partial charge is 0.378 e. The highest BCUT2D eigenvalue weighted by molar-refractivity contribution is 14.1. The van der Waals surface area contributed by atoms with Crippen molar-refractivity contribution in [3.05, 3.63) is 76.5 Å². The first-order chi connectivity index (χ1) is 13.4. The smallest absolute Gasteiger partial charge is 0.208 e. The monoisotopic (exact) mass is 502 g/mol. The summed E-state index contributed by atoms with van der Waals surface area (Å²) < 4.78 is 27.1. The fourth-order valence-corrected chi connectivity index (χ4v) is 5.64. The molecule has 2 aromatic rings. The van der Waals surface area contributed by atoms with E-state index in [4.69, 9.17) is 0 Å². The third kappa shape index (κ3) is 3.31. The van der Waals surface area contributed by atoms with E-state index in [0.29, 0.717) is 15.5 Å². The minimum absolute atomic E-state index is 0.301. The third-order valence-corrected chi connectivity index (χ3v) is 7.45. The van der Waals surface area contributed by atoms with Gasteiger partial charge in [0.1, 0.15) is 0 Å². The van der Waals surface area contributed by atoms with Gasteiger partial charge in [-0.05, 0) is 70.1 Å². The predicted molar refractivity (Wildman–Crippen MR) is 122 cm³/mol. The van der Waals surface area contributed by atoms with E-state index in [1.807, 2.05) is 32.4 Å². The zero-order chi connectivity index (χ0) is 19.9. The Labute approximate surface area is 178 Å². The summed E-state index contributed by atoms with van der Waals surface area (Å²) in [4.78, 5) is 5.90. The lowest BCUT2D eigenvalue weighted by molar-refractivity contribution is 0.596. The van der Waals surface area contributed by atoms with E-state index in [0.717, 1.165) is 25.9 Å². The van der Waals surface area contributed by atoms with E-state index in [1.54, 1.807) is 30.3 Å². The lowest BCUT2D eigenvalue weighted by Gasteiger charge is -2.13. The van der Waals surface area contributed by atoms with Crippen LogP contribution in [0.1, 0.15) is 0 Å².